The van der Waals surface area contributed by atoms with Gasteiger partial charge in [-0.1, -0.05) is 24.3 Å². The first-order valence-corrected chi connectivity index (χ1v) is 7.21. The molecular weight excluding hydrogens is 338 g/mol. The van der Waals surface area contributed by atoms with E-state index in [1.54, 1.807) is 36.4 Å². The third-order valence-electron chi connectivity index (χ3n) is 2.93. The van der Waals surface area contributed by atoms with E-state index >= 15 is 0 Å². The maximum atomic E-state index is 12.4. The lowest BCUT2D eigenvalue weighted by molar-refractivity contribution is -0.0493. The molecule has 0 aromatic heterocycles. The Balaban J connectivity index is 2.07. The summed E-state index contributed by atoms with van der Waals surface area (Å²) in [4.78, 5) is 12.2. The van der Waals surface area contributed by atoms with Gasteiger partial charge in [0, 0.05) is 0 Å². The van der Waals surface area contributed by atoms with Gasteiger partial charge in [0.1, 0.15) is 11.5 Å². The van der Waals surface area contributed by atoms with Crippen LogP contribution in [0, 0.1) is 0 Å². The number of thiocarbonyl (C=S) groups is 1. The topological polar surface area (TPSA) is 59.6 Å². The van der Waals surface area contributed by atoms with Gasteiger partial charge in [-0.3, -0.25) is 10.1 Å². The Morgan fingerprint density at radius 2 is 1.71 bits per heavy atom. The Morgan fingerprint density at radius 1 is 1.08 bits per heavy atom. The molecule has 5 nitrogen and oxygen atoms in total. The lowest BCUT2D eigenvalue weighted by Crippen LogP contribution is -2.34. The smallest absolute Gasteiger partial charge is 0.387 e. The van der Waals surface area contributed by atoms with Gasteiger partial charge in [0.05, 0.1) is 18.4 Å². The molecule has 0 fully saturated rings. The number of hydrogen-bond acceptors (Lipinski definition) is 4. The van der Waals surface area contributed by atoms with Crippen molar-refractivity contribution in [3.8, 4) is 11.5 Å². The molecule has 0 aliphatic heterocycles. The number of anilines is 1. The molecule has 2 aromatic rings. The summed E-state index contributed by atoms with van der Waals surface area (Å²) in [5, 5.41) is 5.05. The highest BCUT2D eigenvalue weighted by molar-refractivity contribution is 7.80. The van der Waals surface area contributed by atoms with Crippen LogP contribution >= 0.6 is 12.2 Å². The van der Waals surface area contributed by atoms with Gasteiger partial charge in [0.15, 0.2) is 5.11 Å². The molecule has 1 amide bonds. The molecule has 2 aromatic carbocycles. The molecule has 0 atom stereocenters. The molecule has 0 aliphatic carbocycles. The number of nitrogens with one attached hydrogen (secondary N) is 2. The number of hydrogen-bond donors (Lipinski definition) is 2. The van der Waals surface area contributed by atoms with E-state index in [9.17, 15) is 13.6 Å². The first kappa shape index (κ1) is 17.6. The van der Waals surface area contributed by atoms with E-state index in [1.807, 2.05) is 0 Å². The van der Waals surface area contributed by atoms with Crippen LogP contribution in [0.1, 0.15) is 10.4 Å². The lowest BCUT2D eigenvalue weighted by atomic mass is 10.2. The number of ether oxygens (including phenoxy) is 2. The Morgan fingerprint density at radius 3 is 2.38 bits per heavy atom. The van der Waals surface area contributed by atoms with Crippen LogP contribution < -0.4 is 20.1 Å². The largest absolute Gasteiger partial charge is 0.496 e. The van der Waals surface area contributed by atoms with Crippen LogP contribution in [0.3, 0.4) is 0 Å². The zero-order valence-electron chi connectivity index (χ0n) is 12.6. The maximum absolute atomic E-state index is 12.4. The molecule has 8 heteroatoms. The number of carbonyl (C=O) groups is 1. The summed E-state index contributed by atoms with van der Waals surface area (Å²) in [6.45, 7) is -2.97. The van der Waals surface area contributed by atoms with Crippen LogP contribution in [0.25, 0.3) is 0 Å². The second kappa shape index (κ2) is 8.21. The molecule has 0 aliphatic rings. The monoisotopic (exact) mass is 352 g/mol. The molecule has 2 rings (SSSR count). The first-order valence-electron chi connectivity index (χ1n) is 6.80. The number of benzene rings is 2. The predicted molar refractivity (Wildman–Crippen MR) is 89.8 cm³/mol. The van der Waals surface area contributed by atoms with Crippen LogP contribution in [-0.4, -0.2) is 24.7 Å². The predicted octanol–water partition coefficient (Wildman–Crippen LogP) is 3.42. The molecule has 0 unspecified atom stereocenters. The van der Waals surface area contributed by atoms with Crippen LogP contribution in [-0.2, 0) is 0 Å². The summed E-state index contributed by atoms with van der Waals surface area (Å²) in [7, 11) is 1.45. The van der Waals surface area contributed by atoms with E-state index in [1.165, 1.54) is 19.2 Å². The summed E-state index contributed by atoms with van der Waals surface area (Å²) in [5.41, 5.74) is 0.504. The summed E-state index contributed by atoms with van der Waals surface area (Å²) in [6.07, 6.45) is 0. The molecule has 0 saturated heterocycles. The lowest BCUT2D eigenvalue weighted by Gasteiger charge is -2.14. The molecule has 0 spiro atoms. The fourth-order valence-corrected chi connectivity index (χ4v) is 2.13. The molecule has 0 heterocycles. The third-order valence-corrected chi connectivity index (χ3v) is 3.13. The number of carbonyl (C=O) groups excluding carboxylic acids is 1. The van der Waals surface area contributed by atoms with Crippen LogP contribution in [0.5, 0.6) is 11.5 Å². The zero-order chi connectivity index (χ0) is 17.5. The van der Waals surface area contributed by atoms with Gasteiger partial charge in [-0.15, -0.1) is 0 Å². The van der Waals surface area contributed by atoms with Crippen molar-refractivity contribution < 1.29 is 23.0 Å². The summed E-state index contributed by atoms with van der Waals surface area (Å²) < 4.78 is 34.3. The molecule has 24 heavy (non-hydrogen) atoms. The summed E-state index contributed by atoms with van der Waals surface area (Å²) in [5.74, 6) is -0.183. The van der Waals surface area contributed by atoms with Gasteiger partial charge < -0.3 is 14.8 Å². The highest BCUT2D eigenvalue weighted by Gasteiger charge is 2.14. The Hall–Kier alpha value is -2.74. The second-order valence-electron chi connectivity index (χ2n) is 4.48. The van der Waals surface area contributed by atoms with Crippen molar-refractivity contribution in [2.45, 2.75) is 6.61 Å². The van der Waals surface area contributed by atoms with E-state index in [2.05, 4.69) is 15.4 Å². The Kier molecular flexibility index (Phi) is 6.02. The quantitative estimate of drug-likeness (QED) is 0.808. The van der Waals surface area contributed by atoms with E-state index < -0.39 is 12.5 Å². The van der Waals surface area contributed by atoms with E-state index in [0.717, 1.165) is 0 Å². The summed E-state index contributed by atoms with van der Waals surface area (Å²) in [6, 6.07) is 12.6. The van der Waals surface area contributed by atoms with E-state index in [0.29, 0.717) is 11.3 Å². The Labute approximate surface area is 142 Å². The normalized spacial score (nSPS) is 10.2. The standard InChI is InChI=1S/C16H14F2N2O3S/c1-22-12-8-4-2-6-10(12)14(21)20-16(24)19-11-7-3-5-9-13(11)23-15(17)18/h2-9,15H,1H3,(H2,19,20,21,24). The summed E-state index contributed by atoms with van der Waals surface area (Å²) >= 11 is 5.04. The molecular formula is C16H14F2N2O3S. The maximum Gasteiger partial charge on any atom is 0.387 e. The molecule has 2 N–H and O–H groups in total. The van der Waals surface area contributed by atoms with Gasteiger partial charge >= 0.3 is 6.61 Å². The minimum absolute atomic E-state index is 0.0591. The van der Waals surface area contributed by atoms with Crippen molar-refractivity contribution in [2.75, 3.05) is 12.4 Å². The number of methoxy groups -OCH3 is 1. The van der Waals surface area contributed by atoms with Crippen molar-refractivity contribution in [2.24, 2.45) is 0 Å². The SMILES string of the molecule is COc1ccccc1C(=O)NC(=S)Nc1ccccc1OC(F)F. The van der Waals surface area contributed by atoms with Gasteiger partial charge in [-0.05, 0) is 36.5 Å². The third kappa shape index (κ3) is 4.63. The van der Waals surface area contributed by atoms with Crippen LogP contribution in [0.15, 0.2) is 48.5 Å². The van der Waals surface area contributed by atoms with Crippen molar-refractivity contribution >= 4 is 28.9 Å². The highest BCUT2D eigenvalue weighted by Crippen LogP contribution is 2.25. The molecule has 126 valence electrons. The first-order chi connectivity index (χ1) is 11.5. The van der Waals surface area contributed by atoms with Crippen molar-refractivity contribution in [1.82, 2.24) is 5.32 Å². The van der Waals surface area contributed by atoms with Gasteiger partial charge in [0.2, 0.25) is 0 Å². The van der Waals surface area contributed by atoms with Gasteiger partial charge in [-0.2, -0.15) is 8.78 Å². The second-order valence-corrected chi connectivity index (χ2v) is 4.89. The molecule has 0 bridgehead atoms. The average molecular weight is 352 g/mol. The van der Waals surface area contributed by atoms with Crippen LogP contribution in [0.4, 0.5) is 14.5 Å². The fourth-order valence-electron chi connectivity index (χ4n) is 1.92. The Bertz CT molecular complexity index is 741. The van der Waals surface area contributed by atoms with E-state index in [4.69, 9.17) is 17.0 Å². The van der Waals surface area contributed by atoms with Crippen molar-refractivity contribution in [3.63, 3.8) is 0 Å². The number of para-hydroxylation sites is 3. The van der Waals surface area contributed by atoms with E-state index in [-0.39, 0.29) is 16.5 Å². The minimum atomic E-state index is -2.97. The molecule has 0 saturated carbocycles. The number of rotatable bonds is 5. The number of alkyl halides is 2. The average Bonchev–Trinajstić information content (AvgIpc) is 2.56. The number of halogens is 2. The van der Waals surface area contributed by atoms with Gasteiger partial charge in [-0.25, -0.2) is 0 Å². The van der Waals surface area contributed by atoms with Gasteiger partial charge in [0.25, 0.3) is 5.91 Å². The molecule has 0 radical (unpaired) electrons. The highest BCUT2D eigenvalue weighted by atomic mass is 32.1. The number of amides is 1. The van der Waals surface area contributed by atoms with Crippen molar-refractivity contribution in [3.05, 3.63) is 54.1 Å². The zero-order valence-corrected chi connectivity index (χ0v) is 13.4. The van der Waals surface area contributed by atoms with Crippen molar-refractivity contribution in [1.29, 1.82) is 0 Å². The minimum Gasteiger partial charge on any atom is -0.496 e. The fraction of sp³-hybridized carbons (Fsp3) is 0.125. The van der Waals surface area contributed by atoms with Crippen LogP contribution in [0.2, 0.25) is 0 Å².